The lowest BCUT2D eigenvalue weighted by Crippen LogP contribution is -2.33. The summed E-state index contributed by atoms with van der Waals surface area (Å²) in [6.45, 7) is 4.77. The van der Waals surface area contributed by atoms with Gasteiger partial charge in [-0.05, 0) is 67.6 Å². The van der Waals surface area contributed by atoms with Gasteiger partial charge >= 0.3 is 0 Å². The second-order valence-electron chi connectivity index (χ2n) is 7.17. The SMILES string of the molecule is CC(CC(=O)NCc1ccc(NC(=O)c2ccco2)cc1)C1CCNCC1. The van der Waals surface area contributed by atoms with Gasteiger partial charge in [0.15, 0.2) is 5.76 Å². The number of anilines is 1. The number of benzene rings is 1. The number of hydrogen-bond acceptors (Lipinski definition) is 4. The molecule has 0 bridgehead atoms. The van der Waals surface area contributed by atoms with Gasteiger partial charge in [-0.2, -0.15) is 0 Å². The molecule has 0 spiro atoms. The van der Waals surface area contributed by atoms with Gasteiger partial charge in [-0.25, -0.2) is 0 Å². The van der Waals surface area contributed by atoms with Gasteiger partial charge in [-0.3, -0.25) is 9.59 Å². The molecule has 3 rings (SSSR count). The second kappa shape index (κ2) is 9.37. The first-order chi connectivity index (χ1) is 13.1. The molecule has 6 nitrogen and oxygen atoms in total. The highest BCUT2D eigenvalue weighted by Gasteiger charge is 2.21. The molecule has 1 saturated heterocycles. The van der Waals surface area contributed by atoms with Gasteiger partial charge in [0.2, 0.25) is 5.91 Å². The monoisotopic (exact) mass is 369 g/mol. The normalized spacial score (nSPS) is 15.9. The number of furan rings is 1. The van der Waals surface area contributed by atoms with E-state index < -0.39 is 0 Å². The molecular formula is C21H27N3O3. The molecule has 2 aromatic rings. The molecule has 1 unspecified atom stereocenters. The average molecular weight is 369 g/mol. The Hall–Kier alpha value is -2.60. The zero-order valence-electron chi connectivity index (χ0n) is 15.7. The molecule has 0 aliphatic carbocycles. The summed E-state index contributed by atoms with van der Waals surface area (Å²) in [5.74, 6) is 1.12. The number of amides is 2. The summed E-state index contributed by atoms with van der Waals surface area (Å²) in [6.07, 6.45) is 4.34. The topological polar surface area (TPSA) is 83.4 Å². The number of carbonyl (C=O) groups excluding carboxylic acids is 2. The highest BCUT2D eigenvalue weighted by atomic mass is 16.3. The molecule has 0 saturated carbocycles. The van der Waals surface area contributed by atoms with E-state index in [1.54, 1.807) is 12.1 Å². The maximum atomic E-state index is 12.2. The summed E-state index contributed by atoms with van der Waals surface area (Å²) in [6, 6.07) is 10.7. The molecule has 1 atom stereocenters. The molecule has 0 radical (unpaired) electrons. The highest BCUT2D eigenvalue weighted by molar-refractivity contribution is 6.02. The van der Waals surface area contributed by atoms with Crippen LogP contribution in [0.1, 0.15) is 42.3 Å². The minimum Gasteiger partial charge on any atom is -0.459 e. The van der Waals surface area contributed by atoms with Crippen molar-refractivity contribution in [1.82, 2.24) is 10.6 Å². The molecule has 3 N–H and O–H groups in total. The fourth-order valence-electron chi connectivity index (χ4n) is 3.45. The molecule has 1 aliphatic heterocycles. The van der Waals surface area contributed by atoms with Crippen LogP contribution in [0.2, 0.25) is 0 Å². The van der Waals surface area contributed by atoms with Crippen molar-refractivity contribution < 1.29 is 14.0 Å². The van der Waals surface area contributed by atoms with Crippen LogP contribution in [-0.2, 0) is 11.3 Å². The third kappa shape index (κ3) is 5.69. The Bertz CT molecular complexity index is 735. The highest BCUT2D eigenvalue weighted by Crippen LogP contribution is 2.24. The largest absolute Gasteiger partial charge is 0.459 e. The van der Waals surface area contributed by atoms with Gasteiger partial charge < -0.3 is 20.4 Å². The van der Waals surface area contributed by atoms with E-state index in [0.29, 0.717) is 30.5 Å². The Labute approximate surface area is 159 Å². The minimum atomic E-state index is -0.284. The number of rotatable bonds is 7. The van der Waals surface area contributed by atoms with Gasteiger partial charge in [-0.1, -0.05) is 19.1 Å². The number of hydrogen-bond donors (Lipinski definition) is 3. The van der Waals surface area contributed by atoms with Crippen molar-refractivity contribution >= 4 is 17.5 Å². The summed E-state index contributed by atoms with van der Waals surface area (Å²) in [5.41, 5.74) is 1.68. The van der Waals surface area contributed by atoms with Crippen molar-refractivity contribution in [2.24, 2.45) is 11.8 Å². The first-order valence-electron chi connectivity index (χ1n) is 9.53. The maximum Gasteiger partial charge on any atom is 0.291 e. The van der Waals surface area contributed by atoms with Crippen molar-refractivity contribution in [3.05, 3.63) is 54.0 Å². The predicted molar refractivity (Wildman–Crippen MR) is 104 cm³/mol. The van der Waals surface area contributed by atoms with E-state index in [9.17, 15) is 9.59 Å². The van der Waals surface area contributed by atoms with Crippen LogP contribution in [0.25, 0.3) is 0 Å². The molecule has 27 heavy (non-hydrogen) atoms. The van der Waals surface area contributed by atoms with Crippen LogP contribution in [0.5, 0.6) is 0 Å². The summed E-state index contributed by atoms with van der Waals surface area (Å²) >= 11 is 0. The van der Waals surface area contributed by atoms with Crippen LogP contribution >= 0.6 is 0 Å². The minimum absolute atomic E-state index is 0.0937. The van der Waals surface area contributed by atoms with E-state index >= 15 is 0 Å². The van der Waals surface area contributed by atoms with Crippen molar-refractivity contribution in [3.63, 3.8) is 0 Å². The average Bonchev–Trinajstić information content (AvgIpc) is 3.23. The number of piperidine rings is 1. The molecule has 1 aliphatic rings. The lowest BCUT2D eigenvalue weighted by molar-refractivity contribution is -0.122. The lowest BCUT2D eigenvalue weighted by Gasteiger charge is -2.27. The predicted octanol–water partition coefficient (Wildman–Crippen LogP) is 3.17. The molecule has 1 aromatic carbocycles. The van der Waals surface area contributed by atoms with Crippen molar-refractivity contribution in [3.8, 4) is 0 Å². The zero-order valence-corrected chi connectivity index (χ0v) is 15.7. The Morgan fingerprint density at radius 3 is 2.59 bits per heavy atom. The Morgan fingerprint density at radius 2 is 1.93 bits per heavy atom. The van der Waals surface area contributed by atoms with Crippen LogP contribution in [-0.4, -0.2) is 24.9 Å². The fourth-order valence-corrected chi connectivity index (χ4v) is 3.45. The molecule has 6 heteroatoms. The third-order valence-electron chi connectivity index (χ3n) is 5.14. The van der Waals surface area contributed by atoms with Gasteiger partial charge in [0, 0.05) is 18.7 Å². The molecule has 1 fully saturated rings. The second-order valence-corrected chi connectivity index (χ2v) is 7.17. The van der Waals surface area contributed by atoms with Gasteiger partial charge in [-0.15, -0.1) is 0 Å². The standard InChI is InChI=1S/C21H27N3O3/c1-15(17-8-10-22-11-9-17)13-20(25)23-14-16-4-6-18(7-5-16)24-21(26)19-3-2-12-27-19/h2-7,12,15,17,22H,8-11,13-14H2,1H3,(H,23,25)(H,24,26). The maximum absolute atomic E-state index is 12.2. The van der Waals surface area contributed by atoms with Gasteiger partial charge in [0.25, 0.3) is 5.91 Å². The van der Waals surface area contributed by atoms with E-state index in [2.05, 4.69) is 22.9 Å². The van der Waals surface area contributed by atoms with Crippen molar-refractivity contribution in [2.45, 2.75) is 32.7 Å². The van der Waals surface area contributed by atoms with Gasteiger partial charge in [0.05, 0.1) is 6.26 Å². The van der Waals surface area contributed by atoms with Crippen LogP contribution in [0.3, 0.4) is 0 Å². The Morgan fingerprint density at radius 1 is 1.19 bits per heavy atom. The molecule has 144 valence electrons. The van der Waals surface area contributed by atoms with E-state index in [4.69, 9.17) is 4.42 Å². The van der Waals surface area contributed by atoms with Gasteiger partial charge in [0.1, 0.15) is 0 Å². The molecular weight excluding hydrogens is 342 g/mol. The summed E-state index contributed by atoms with van der Waals surface area (Å²) in [7, 11) is 0. The van der Waals surface area contributed by atoms with E-state index in [0.717, 1.165) is 31.5 Å². The fraction of sp³-hybridized carbons (Fsp3) is 0.429. The lowest BCUT2D eigenvalue weighted by atomic mass is 9.84. The summed E-state index contributed by atoms with van der Waals surface area (Å²) in [5, 5.41) is 9.13. The van der Waals surface area contributed by atoms with Crippen LogP contribution in [0, 0.1) is 11.8 Å². The molecule has 2 heterocycles. The molecule has 2 amide bonds. The Balaban J connectivity index is 1.42. The first kappa shape index (κ1) is 19.2. The van der Waals surface area contributed by atoms with Crippen LogP contribution < -0.4 is 16.0 Å². The van der Waals surface area contributed by atoms with E-state index in [-0.39, 0.29) is 17.6 Å². The zero-order chi connectivity index (χ0) is 19.1. The van der Waals surface area contributed by atoms with Crippen molar-refractivity contribution in [2.75, 3.05) is 18.4 Å². The summed E-state index contributed by atoms with van der Waals surface area (Å²) in [4.78, 5) is 24.2. The van der Waals surface area contributed by atoms with Crippen LogP contribution in [0.4, 0.5) is 5.69 Å². The summed E-state index contributed by atoms with van der Waals surface area (Å²) < 4.78 is 5.07. The smallest absolute Gasteiger partial charge is 0.291 e. The Kier molecular flexibility index (Phi) is 6.65. The molecule has 1 aromatic heterocycles. The van der Waals surface area contributed by atoms with Crippen molar-refractivity contribution in [1.29, 1.82) is 0 Å². The van der Waals surface area contributed by atoms with E-state index in [1.807, 2.05) is 24.3 Å². The number of nitrogens with one attached hydrogen (secondary N) is 3. The van der Waals surface area contributed by atoms with E-state index in [1.165, 1.54) is 6.26 Å². The van der Waals surface area contributed by atoms with Crippen LogP contribution in [0.15, 0.2) is 47.1 Å². The quantitative estimate of drug-likeness (QED) is 0.700. The third-order valence-corrected chi connectivity index (χ3v) is 5.14. The first-order valence-corrected chi connectivity index (χ1v) is 9.53. The number of carbonyl (C=O) groups is 2.